The van der Waals surface area contributed by atoms with Crippen molar-refractivity contribution in [3.8, 4) is 0 Å². The quantitative estimate of drug-likeness (QED) is 0.856. The van der Waals surface area contributed by atoms with Gasteiger partial charge in [0.15, 0.2) is 5.69 Å². The molecule has 1 amide bonds. The molecule has 1 aromatic carbocycles. The van der Waals surface area contributed by atoms with Gasteiger partial charge < -0.3 is 10.4 Å². The third kappa shape index (κ3) is 4.48. The van der Waals surface area contributed by atoms with E-state index in [-0.39, 0.29) is 29.4 Å². The summed E-state index contributed by atoms with van der Waals surface area (Å²) < 4.78 is 39.2. The lowest BCUT2D eigenvalue weighted by atomic mass is 10.2. The van der Waals surface area contributed by atoms with Crippen molar-refractivity contribution in [1.29, 1.82) is 0 Å². The van der Waals surface area contributed by atoms with Crippen molar-refractivity contribution < 1.29 is 27.9 Å². The Labute approximate surface area is 138 Å². The van der Waals surface area contributed by atoms with E-state index in [4.69, 9.17) is 16.7 Å². The largest absolute Gasteiger partial charge is 0.476 e. The first kappa shape index (κ1) is 17.8. The van der Waals surface area contributed by atoms with Gasteiger partial charge in [-0.05, 0) is 24.3 Å². The maximum Gasteiger partial charge on any atom is 0.416 e. The lowest BCUT2D eigenvalue weighted by Gasteiger charge is -2.11. The summed E-state index contributed by atoms with van der Waals surface area (Å²) in [6.07, 6.45) is -3.28. The summed E-state index contributed by atoms with van der Waals surface area (Å²) in [5, 5.41) is 14.7. The van der Waals surface area contributed by atoms with Gasteiger partial charge in [-0.25, -0.2) is 4.79 Å². The highest BCUT2D eigenvalue weighted by Gasteiger charge is 2.31. The summed E-state index contributed by atoms with van der Waals surface area (Å²) >= 11 is 5.78. The van der Waals surface area contributed by atoms with Crippen LogP contribution in [0.2, 0.25) is 5.02 Å². The molecular weight excluding hydrogens is 351 g/mol. The molecule has 10 heteroatoms. The first-order valence-electron chi connectivity index (χ1n) is 6.60. The lowest BCUT2D eigenvalue weighted by Crippen LogP contribution is -2.16. The molecule has 0 unspecified atom stereocenters. The summed E-state index contributed by atoms with van der Waals surface area (Å²) in [5.74, 6) is -1.78. The van der Waals surface area contributed by atoms with Crippen molar-refractivity contribution in [3.63, 3.8) is 0 Å². The molecule has 0 spiro atoms. The van der Waals surface area contributed by atoms with E-state index in [1.165, 1.54) is 16.9 Å². The highest BCUT2D eigenvalue weighted by molar-refractivity contribution is 6.33. The van der Waals surface area contributed by atoms with Gasteiger partial charge in [0.2, 0.25) is 5.91 Å². The average molecular weight is 362 g/mol. The molecule has 0 atom stereocenters. The van der Waals surface area contributed by atoms with Gasteiger partial charge in [-0.2, -0.15) is 18.3 Å². The molecule has 1 heterocycles. The number of carbonyl (C=O) groups excluding carboxylic acids is 1. The van der Waals surface area contributed by atoms with Gasteiger partial charge in [0, 0.05) is 19.2 Å². The number of alkyl halides is 3. The SMILES string of the molecule is O=C(CCn1ccc(C(=O)O)n1)Nc1cc(C(F)(F)F)ccc1Cl. The number of carbonyl (C=O) groups is 2. The number of carboxylic acids is 1. The number of halogens is 4. The van der Waals surface area contributed by atoms with Crippen molar-refractivity contribution in [3.05, 3.63) is 46.7 Å². The predicted molar refractivity (Wildman–Crippen MR) is 78.9 cm³/mol. The van der Waals surface area contributed by atoms with Crippen LogP contribution in [-0.2, 0) is 17.5 Å². The first-order valence-corrected chi connectivity index (χ1v) is 6.98. The second kappa shape index (κ2) is 6.91. The van der Waals surface area contributed by atoms with Crippen LogP contribution in [0.5, 0.6) is 0 Å². The van der Waals surface area contributed by atoms with Crippen LogP contribution < -0.4 is 5.32 Å². The van der Waals surface area contributed by atoms with Gasteiger partial charge >= 0.3 is 12.1 Å². The molecule has 0 saturated carbocycles. The van der Waals surface area contributed by atoms with Crippen molar-refractivity contribution >= 4 is 29.2 Å². The van der Waals surface area contributed by atoms with Crippen LogP contribution >= 0.6 is 11.6 Å². The molecule has 0 fully saturated rings. The Morgan fingerprint density at radius 2 is 2.00 bits per heavy atom. The summed E-state index contributed by atoms with van der Waals surface area (Å²) in [6, 6.07) is 3.88. The van der Waals surface area contributed by atoms with Crippen LogP contribution in [-0.4, -0.2) is 26.8 Å². The molecular formula is C14H11ClF3N3O3. The minimum atomic E-state index is -4.55. The third-order valence-corrected chi connectivity index (χ3v) is 3.33. The summed E-state index contributed by atoms with van der Waals surface area (Å²) in [5.41, 5.74) is -1.25. The topological polar surface area (TPSA) is 84.2 Å². The minimum Gasteiger partial charge on any atom is -0.476 e. The Hall–Kier alpha value is -2.55. The molecule has 2 aromatic rings. The smallest absolute Gasteiger partial charge is 0.416 e. The van der Waals surface area contributed by atoms with E-state index < -0.39 is 23.6 Å². The maximum absolute atomic E-state index is 12.7. The molecule has 1 aromatic heterocycles. The van der Waals surface area contributed by atoms with Crippen molar-refractivity contribution in [2.24, 2.45) is 0 Å². The van der Waals surface area contributed by atoms with Crippen LogP contribution in [0, 0.1) is 0 Å². The van der Waals surface area contributed by atoms with Crippen LogP contribution in [0.4, 0.5) is 18.9 Å². The van der Waals surface area contributed by atoms with Crippen LogP contribution in [0.25, 0.3) is 0 Å². The molecule has 0 bridgehead atoms. The molecule has 0 saturated heterocycles. The summed E-state index contributed by atoms with van der Waals surface area (Å²) in [4.78, 5) is 22.5. The molecule has 2 rings (SSSR count). The van der Waals surface area contributed by atoms with E-state index in [1.807, 2.05) is 0 Å². The number of rotatable bonds is 5. The molecule has 0 aliphatic heterocycles. The van der Waals surface area contributed by atoms with Crippen molar-refractivity contribution in [1.82, 2.24) is 9.78 Å². The number of nitrogens with zero attached hydrogens (tertiary/aromatic N) is 2. The monoisotopic (exact) mass is 361 g/mol. The van der Waals surface area contributed by atoms with Gasteiger partial charge in [0.25, 0.3) is 0 Å². The summed E-state index contributed by atoms with van der Waals surface area (Å²) in [6.45, 7) is 0.0652. The highest BCUT2D eigenvalue weighted by atomic mass is 35.5. The maximum atomic E-state index is 12.7. The van der Waals surface area contributed by atoms with E-state index in [0.717, 1.165) is 18.2 Å². The predicted octanol–water partition coefficient (Wildman–Crippen LogP) is 3.28. The Morgan fingerprint density at radius 3 is 2.58 bits per heavy atom. The summed E-state index contributed by atoms with van der Waals surface area (Å²) in [7, 11) is 0. The van der Waals surface area contributed by atoms with Crippen LogP contribution in [0.15, 0.2) is 30.5 Å². The Balaban J connectivity index is 2.00. The lowest BCUT2D eigenvalue weighted by molar-refractivity contribution is -0.137. The number of aromatic nitrogens is 2. The number of hydrogen-bond donors (Lipinski definition) is 2. The molecule has 2 N–H and O–H groups in total. The fourth-order valence-corrected chi connectivity index (χ4v) is 1.99. The van der Waals surface area contributed by atoms with Crippen molar-refractivity contribution in [2.75, 3.05) is 5.32 Å². The number of amides is 1. The van der Waals surface area contributed by atoms with Crippen LogP contribution in [0.3, 0.4) is 0 Å². The molecule has 6 nitrogen and oxygen atoms in total. The van der Waals surface area contributed by atoms with Crippen molar-refractivity contribution in [2.45, 2.75) is 19.1 Å². The van der Waals surface area contributed by atoms with Gasteiger partial charge in [-0.15, -0.1) is 0 Å². The second-order valence-electron chi connectivity index (χ2n) is 4.76. The Kier molecular flexibility index (Phi) is 5.13. The van der Waals surface area contributed by atoms with E-state index in [2.05, 4.69) is 10.4 Å². The number of hydrogen-bond acceptors (Lipinski definition) is 3. The first-order chi connectivity index (χ1) is 11.2. The number of aryl methyl sites for hydroxylation is 1. The molecule has 24 heavy (non-hydrogen) atoms. The normalized spacial score (nSPS) is 11.3. The Morgan fingerprint density at radius 1 is 1.29 bits per heavy atom. The number of nitrogens with one attached hydrogen (secondary N) is 1. The standard InChI is InChI=1S/C14H11ClF3N3O3/c15-9-2-1-8(14(16,17)18)7-11(9)19-12(22)4-6-21-5-3-10(20-21)13(23)24/h1-3,5,7H,4,6H2,(H,19,22)(H,23,24). The van der Waals surface area contributed by atoms with E-state index in [0.29, 0.717) is 0 Å². The molecule has 0 radical (unpaired) electrons. The number of benzene rings is 1. The molecule has 128 valence electrons. The zero-order valence-corrected chi connectivity index (χ0v) is 12.7. The third-order valence-electron chi connectivity index (χ3n) is 3.00. The van der Waals surface area contributed by atoms with Gasteiger partial charge in [0.1, 0.15) is 0 Å². The average Bonchev–Trinajstić information content (AvgIpc) is 2.95. The Bertz CT molecular complexity index is 774. The highest BCUT2D eigenvalue weighted by Crippen LogP contribution is 2.33. The molecule has 0 aliphatic rings. The number of carboxylic acid groups (broad SMARTS) is 1. The minimum absolute atomic E-state index is 0.0244. The molecule has 0 aliphatic carbocycles. The van der Waals surface area contributed by atoms with E-state index in [1.54, 1.807) is 0 Å². The van der Waals surface area contributed by atoms with Gasteiger partial charge in [-0.3, -0.25) is 9.48 Å². The van der Waals surface area contributed by atoms with E-state index in [9.17, 15) is 22.8 Å². The zero-order chi connectivity index (χ0) is 17.9. The fraction of sp³-hybridized carbons (Fsp3) is 0.214. The zero-order valence-electron chi connectivity index (χ0n) is 12.0. The van der Waals surface area contributed by atoms with Crippen LogP contribution in [0.1, 0.15) is 22.5 Å². The fourth-order valence-electron chi connectivity index (χ4n) is 1.83. The number of aromatic carboxylic acids is 1. The second-order valence-corrected chi connectivity index (χ2v) is 5.17. The van der Waals surface area contributed by atoms with E-state index >= 15 is 0 Å². The number of anilines is 1. The van der Waals surface area contributed by atoms with Gasteiger partial charge in [0.05, 0.1) is 16.3 Å². The van der Waals surface area contributed by atoms with Gasteiger partial charge in [-0.1, -0.05) is 11.6 Å².